The second-order valence-corrected chi connectivity index (χ2v) is 6.95. The molecule has 2 aromatic carbocycles. The van der Waals surface area contributed by atoms with E-state index in [9.17, 15) is 9.59 Å². The minimum Gasteiger partial charge on any atom is -0.427 e. The highest BCUT2D eigenvalue weighted by atomic mass is 79.9. The number of halogens is 1. The van der Waals surface area contributed by atoms with Crippen LogP contribution in [0.4, 0.5) is 0 Å². The normalized spacial score (nSPS) is 14.9. The van der Waals surface area contributed by atoms with Crippen LogP contribution < -0.4 is 4.74 Å². The van der Waals surface area contributed by atoms with Gasteiger partial charge in [0.2, 0.25) is 5.90 Å². The number of esters is 2. The van der Waals surface area contributed by atoms with E-state index in [1.807, 2.05) is 32.0 Å². The van der Waals surface area contributed by atoms with Gasteiger partial charge in [-0.2, -0.15) is 0 Å². The van der Waals surface area contributed by atoms with E-state index in [-0.39, 0.29) is 17.6 Å². The number of hydrogen-bond acceptors (Lipinski definition) is 5. The average molecular weight is 428 g/mol. The summed E-state index contributed by atoms with van der Waals surface area (Å²) >= 11 is 3.44. The van der Waals surface area contributed by atoms with Crippen molar-refractivity contribution in [1.82, 2.24) is 0 Å². The number of ether oxygens (including phenoxy) is 2. The number of cyclic esters (lactones) is 1. The zero-order valence-electron chi connectivity index (χ0n) is 15.0. The summed E-state index contributed by atoms with van der Waals surface area (Å²) in [6.07, 6.45) is 2.69. The molecule has 0 spiro atoms. The first-order valence-electron chi connectivity index (χ1n) is 8.56. The number of rotatable bonds is 5. The molecule has 1 heterocycles. The Labute approximate surface area is 165 Å². The quantitative estimate of drug-likeness (QED) is 0.390. The Hall–Kier alpha value is -2.73. The lowest BCUT2D eigenvalue weighted by atomic mass is 10.1. The lowest BCUT2D eigenvalue weighted by Gasteiger charge is -2.04. The number of aryl methyl sites for hydroxylation is 1. The molecule has 0 aromatic heterocycles. The van der Waals surface area contributed by atoms with Crippen molar-refractivity contribution < 1.29 is 19.1 Å². The smallest absolute Gasteiger partial charge is 0.363 e. The first kappa shape index (κ1) is 19.0. The Balaban J connectivity index is 1.84. The van der Waals surface area contributed by atoms with Crippen LogP contribution in [0.25, 0.3) is 6.08 Å². The maximum absolute atomic E-state index is 12.2. The first-order valence-corrected chi connectivity index (χ1v) is 9.35. The Morgan fingerprint density at radius 3 is 2.81 bits per heavy atom. The molecule has 3 rings (SSSR count). The van der Waals surface area contributed by atoms with Gasteiger partial charge < -0.3 is 9.47 Å². The molecule has 2 aromatic rings. The summed E-state index contributed by atoms with van der Waals surface area (Å²) in [7, 11) is 0. The molecule has 0 aliphatic carbocycles. The topological polar surface area (TPSA) is 65.0 Å². The third-order valence-electron chi connectivity index (χ3n) is 3.87. The summed E-state index contributed by atoms with van der Waals surface area (Å²) in [5.41, 5.74) is 2.64. The van der Waals surface area contributed by atoms with Crippen LogP contribution in [0.3, 0.4) is 0 Å². The Bertz CT molecular complexity index is 962. The molecule has 0 unspecified atom stereocenters. The number of hydrogen-bond donors (Lipinski definition) is 0. The highest BCUT2D eigenvalue weighted by Crippen LogP contribution is 2.24. The molecule has 6 heteroatoms. The Morgan fingerprint density at radius 2 is 2.07 bits per heavy atom. The molecule has 0 N–H and O–H groups in total. The van der Waals surface area contributed by atoms with Gasteiger partial charge >= 0.3 is 11.9 Å². The molecule has 1 aliphatic rings. The molecule has 1 aliphatic heterocycles. The highest BCUT2D eigenvalue weighted by molar-refractivity contribution is 9.10. The van der Waals surface area contributed by atoms with E-state index >= 15 is 0 Å². The lowest BCUT2D eigenvalue weighted by molar-refractivity contribution is -0.134. The molecule has 5 nitrogen and oxygen atoms in total. The van der Waals surface area contributed by atoms with Crippen LogP contribution in [0.15, 0.2) is 57.6 Å². The monoisotopic (exact) mass is 427 g/mol. The van der Waals surface area contributed by atoms with E-state index in [0.717, 1.165) is 22.0 Å². The van der Waals surface area contributed by atoms with Crippen LogP contribution in [0.2, 0.25) is 0 Å². The van der Waals surface area contributed by atoms with Gasteiger partial charge in [-0.15, -0.1) is 0 Å². The molecule has 138 valence electrons. The van der Waals surface area contributed by atoms with Gasteiger partial charge in [0.05, 0.1) is 0 Å². The summed E-state index contributed by atoms with van der Waals surface area (Å²) in [6.45, 7) is 3.86. The maximum atomic E-state index is 12.2. The first-order chi connectivity index (χ1) is 13.0. The van der Waals surface area contributed by atoms with Gasteiger partial charge in [0.25, 0.3) is 0 Å². The highest BCUT2D eigenvalue weighted by Gasteiger charge is 2.24. The number of aliphatic imine (C=N–C) groups is 1. The number of carbonyl (C=O) groups is 2. The van der Waals surface area contributed by atoms with Crippen molar-refractivity contribution in [2.75, 3.05) is 0 Å². The third-order valence-corrected chi connectivity index (χ3v) is 4.76. The molecular weight excluding hydrogens is 410 g/mol. The van der Waals surface area contributed by atoms with Crippen molar-refractivity contribution in [2.24, 2.45) is 4.99 Å². The van der Waals surface area contributed by atoms with Gasteiger partial charge in [-0.3, -0.25) is 4.79 Å². The number of nitrogens with zero attached hydrogens (tertiary/aromatic N) is 1. The van der Waals surface area contributed by atoms with E-state index < -0.39 is 5.97 Å². The zero-order chi connectivity index (χ0) is 19.4. The minimum absolute atomic E-state index is 0.197. The SMILES string of the molecule is CCCC(=O)Oc1cccc(C=C2N=C(c3ccc(Br)c(C)c3)OC2=O)c1. The summed E-state index contributed by atoms with van der Waals surface area (Å²) in [6, 6.07) is 12.6. The van der Waals surface area contributed by atoms with E-state index in [0.29, 0.717) is 17.7 Å². The number of benzene rings is 2. The van der Waals surface area contributed by atoms with Crippen LogP contribution in [0.5, 0.6) is 5.75 Å². The van der Waals surface area contributed by atoms with E-state index in [1.54, 1.807) is 30.3 Å². The molecule has 0 amide bonds. The van der Waals surface area contributed by atoms with Crippen LogP contribution in [0, 0.1) is 6.92 Å². The van der Waals surface area contributed by atoms with Crippen LogP contribution in [-0.2, 0) is 14.3 Å². The van der Waals surface area contributed by atoms with Gasteiger partial charge in [-0.25, -0.2) is 9.79 Å². The van der Waals surface area contributed by atoms with Crippen molar-refractivity contribution >= 4 is 39.8 Å². The fourth-order valence-electron chi connectivity index (χ4n) is 2.52. The Morgan fingerprint density at radius 1 is 1.26 bits per heavy atom. The maximum Gasteiger partial charge on any atom is 0.363 e. The van der Waals surface area contributed by atoms with Crippen LogP contribution >= 0.6 is 15.9 Å². The largest absolute Gasteiger partial charge is 0.427 e. The Kier molecular flexibility index (Phi) is 5.86. The van der Waals surface area contributed by atoms with Crippen LogP contribution in [-0.4, -0.2) is 17.8 Å². The van der Waals surface area contributed by atoms with Gasteiger partial charge in [-0.1, -0.05) is 35.0 Å². The van der Waals surface area contributed by atoms with E-state index in [2.05, 4.69) is 20.9 Å². The number of carbonyl (C=O) groups excluding carboxylic acids is 2. The standard InChI is InChI=1S/C21H18BrNO4/c1-3-5-19(24)26-16-7-4-6-14(11-16)12-18-21(25)27-20(23-18)15-8-9-17(22)13(2)10-15/h4,6-12H,3,5H2,1-2H3. The average Bonchev–Trinajstić information content (AvgIpc) is 2.98. The molecule has 0 fully saturated rings. The molecule has 0 atom stereocenters. The third kappa shape index (κ3) is 4.71. The molecule has 0 radical (unpaired) electrons. The van der Waals surface area contributed by atoms with Crippen molar-refractivity contribution in [1.29, 1.82) is 0 Å². The molecule has 0 saturated heterocycles. The molecule has 27 heavy (non-hydrogen) atoms. The summed E-state index contributed by atoms with van der Waals surface area (Å²) in [5, 5.41) is 0. The van der Waals surface area contributed by atoms with E-state index in [1.165, 1.54) is 0 Å². The summed E-state index contributed by atoms with van der Waals surface area (Å²) in [4.78, 5) is 28.1. The predicted molar refractivity (Wildman–Crippen MR) is 106 cm³/mol. The van der Waals surface area contributed by atoms with Crippen LogP contribution in [0.1, 0.15) is 36.5 Å². The van der Waals surface area contributed by atoms with Crippen molar-refractivity contribution in [3.63, 3.8) is 0 Å². The van der Waals surface area contributed by atoms with Crippen molar-refractivity contribution in [3.8, 4) is 5.75 Å². The van der Waals surface area contributed by atoms with Gasteiger partial charge in [0.1, 0.15) is 5.75 Å². The van der Waals surface area contributed by atoms with Gasteiger partial charge in [0.15, 0.2) is 5.70 Å². The zero-order valence-corrected chi connectivity index (χ0v) is 16.6. The molecule has 0 saturated carbocycles. The minimum atomic E-state index is -0.515. The van der Waals surface area contributed by atoms with Gasteiger partial charge in [0, 0.05) is 16.5 Å². The summed E-state index contributed by atoms with van der Waals surface area (Å²) < 4.78 is 11.5. The lowest BCUT2D eigenvalue weighted by Crippen LogP contribution is -2.06. The fourth-order valence-corrected chi connectivity index (χ4v) is 2.77. The summed E-state index contributed by atoms with van der Waals surface area (Å²) in [5.74, 6) is -0.0956. The van der Waals surface area contributed by atoms with Crippen molar-refractivity contribution in [3.05, 3.63) is 69.3 Å². The van der Waals surface area contributed by atoms with Gasteiger partial charge in [-0.05, 0) is 60.9 Å². The second-order valence-electron chi connectivity index (χ2n) is 6.10. The molecule has 0 bridgehead atoms. The van der Waals surface area contributed by atoms with Crippen molar-refractivity contribution in [2.45, 2.75) is 26.7 Å². The fraction of sp³-hybridized carbons (Fsp3) is 0.190. The van der Waals surface area contributed by atoms with E-state index in [4.69, 9.17) is 9.47 Å². The predicted octanol–water partition coefficient (Wildman–Crippen LogP) is 4.81. The molecular formula is C21H18BrNO4. The second kappa shape index (κ2) is 8.31.